The predicted molar refractivity (Wildman–Crippen MR) is 102 cm³/mol. The van der Waals surface area contributed by atoms with Crippen LogP contribution in [-0.4, -0.2) is 41.0 Å². The van der Waals surface area contributed by atoms with Crippen molar-refractivity contribution in [1.82, 2.24) is 10.2 Å². The first kappa shape index (κ1) is 19.8. The highest BCUT2D eigenvalue weighted by atomic mass is 16.6. The van der Waals surface area contributed by atoms with E-state index in [0.717, 1.165) is 5.56 Å². The molecule has 0 unspecified atom stereocenters. The van der Waals surface area contributed by atoms with Crippen LogP contribution in [0.15, 0.2) is 54.6 Å². The topological polar surface area (TPSA) is 126 Å². The number of nitrogens with one attached hydrogen (secondary N) is 1. The molecule has 148 valence electrons. The molecular formula is C20H18N4O5. The predicted octanol–water partition coefficient (Wildman–Crippen LogP) is 2.49. The Bertz CT molecular complexity index is 940. The van der Waals surface area contributed by atoms with Crippen molar-refractivity contribution in [2.75, 3.05) is 13.1 Å². The molecule has 9 heteroatoms. The van der Waals surface area contributed by atoms with Gasteiger partial charge < -0.3 is 15.0 Å². The quantitative estimate of drug-likeness (QED) is 0.613. The van der Waals surface area contributed by atoms with Gasteiger partial charge in [-0.3, -0.25) is 14.9 Å². The van der Waals surface area contributed by atoms with E-state index in [1.165, 1.54) is 29.2 Å². The monoisotopic (exact) mass is 394 g/mol. The van der Waals surface area contributed by atoms with Gasteiger partial charge in [0.05, 0.1) is 23.0 Å². The summed E-state index contributed by atoms with van der Waals surface area (Å²) in [6.45, 7) is 0.410. The van der Waals surface area contributed by atoms with E-state index < -0.39 is 28.9 Å². The van der Waals surface area contributed by atoms with E-state index in [-0.39, 0.29) is 30.9 Å². The van der Waals surface area contributed by atoms with Gasteiger partial charge in [0, 0.05) is 30.8 Å². The molecule has 1 fully saturated rings. The summed E-state index contributed by atoms with van der Waals surface area (Å²) in [4.78, 5) is 36.2. The molecule has 29 heavy (non-hydrogen) atoms. The number of ether oxygens (including phenoxy) is 1. The van der Waals surface area contributed by atoms with Gasteiger partial charge in [-0.05, 0) is 17.7 Å². The first-order valence-corrected chi connectivity index (χ1v) is 8.88. The van der Waals surface area contributed by atoms with E-state index >= 15 is 0 Å². The molecule has 0 aliphatic carbocycles. The van der Waals surface area contributed by atoms with Crippen molar-refractivity contribution < 1.29 is 19.2 Å². The van der Waals surface area contributed by atoms with Gasteiger partial charge in [0.2, 0.25) is 0 Å². The minimum Gasteiger partial charge on any atom is -0.445 e. The zero-order valence-electron chi connectivity index (χ0n) is 15.4. The summed E-state index contributed by atoms with van der Waals surface area (Å²) in [6, 6.07) is 15.9. The van der Waals surface area contributed by atoms with E-state index in [9.17, 15) is 25.0 Å². The highest BCUT2D eigenvalue weighted by Crippen LogP contribution is 2.19. The van der Waals surface area contributed by atoms with Crippen molar-refractivity contribution in [3.8, 4) is 6.07 Å². The fraction of sp³-hybridized carbons (Fsp3) is 0.250. The number of hydrogen-bond acceptors (Lipinski definition) is 6. The molecule has 3 rings (SSSR count). The van der Waals surface area contributed by atoms with Crippen molar-refractivity contribution >= 4 is 17.7 Å². The molecule has 2 amide bonds. The largest absolute Gasteiger partial charge is 0.445 e. The number of benzene rings is 2. The number of amides is 2. The van der Waals surface area contributed by atoms with Gasteiger partial charge in [0.1, 0.15) is 6.61 Å². The van der Waals surface area contributed by atoms with Gasteiger partial charge >= 0.3 is 6.09 Å². The van der Waals surface area contributed by atoms with Crippen LogP contribution in [0.3, 0.4) is 0 Å². The summed E-state index contributed by atoms with van der Waals surface area (Å²) < 4.78 is 5.28. The lowest BCUT2D eigenvalue weighted by molar-refractivity contribution is -0.384. The second-order valence-electron chi connectivity index (χ2n) is 6.56. The van der Waals surface area contributed by atoms with Gasteiger partial charge in [-0.1, -0.05) is 30.3 Å². The maximum Gasteiger partial charge on any atom is 0.410 e. The van der Waals surface area contributed by atoms with E-state index in [2.05, 4.69) is 11.4 Å². The Morgan fingerprint density at radius 2 is 1.86 bits per heavy atom. The lowest BCUT2D eigenvalue weighted by Gasteiger charge is -2.17. The Kier molecular flexibility index (Phi) is 6.04. The van der Waals surface area contributed by atoms with Gasteiger partial charge in [-0.15, -0.1) is 0 Å². The number of nitro benzene ring substituents is 1. The van der Waals surface area contributed by atoms with Crippen LogP contribution in [0.1, 0.15) is 15.9 Å². The van der Waals surface area contributed by atoms with Crippen molar-refractivity contribution in [3.63, 3.8) is 0 Å². The Morgan fingerprint density at radius 1 is 1.17 bits per heavy atom. The van der Waals surface area contributed by atoms with Crippen LogP contribution in [0, 0.1) is 27.4 Å². The summed E-state index contributed by atoms with van der Waals surface area (Å²) in [7, 11) is 0. The third kappa shape index (κ3) is 4.87. The number of nitro groups is 1. The normalized spacial score (nSPS) is 18.0. The van der Waals surface area contributed by atoms with E-state index in [4.69, 9.17) is 4.74 Å². The molecule has 0 radical (unpaired) electrons. The zero-order chi connectivity index (χ0) is 20.8. The molecule has 0 saturated carbocycles. The molecule has 1 aliphatic rings. The maximum atomic E-state index is 12.4. The smallest absolute Gasteiger partial charge is 0.410 e. The van der Waals surface area contributed by atoms with Crippen LogP contribution in [0.4, 0.5) is 10.5 Å². The molecule has 2 aromatic carbocycles. The lowest BCUT2D eigenvalue weighted by Crippen LogP contribution is -2.40. The molecular weight excluding hydrogens is 376 g/mol. The summed E-state index contributed by atoms with van der Waals surface area (Å²) in [5.74, 6) is -1.05. The molecule has 1 saturated heterocycles. The molecule has 2 aromatic rings. The lowest BCUT2D eigenvalue weighted by atomic mass is 10.1. The first-order valence-electron chi connectivity index (χ1n) is 8.88. The van der Waals surface area contributed by atoms with Crippen LogP contribution in [0.2, 0.25) is 0 Å². The van der Waals surface area contributed by atoms with Gasteiger partial charge in [0.15, 0.2) is 0 Å². The molecule has 9 nitrogen and oxygen atoms in total. The van der Waals surface area contributed by atoms with Crippen LogP contribution in [-0.2, 0) is 11.3 Å². The Labute approximate surface area is 166 Å². The molecule has 0 bridgehead atoms. The fourth-order valence-electron chi connectivity index (χ4n) is 3.03. The SMILES string of the molecule is N#C[C@H]1CN(C(=O)OCc2ccccc2)C[C@@H]1NC(=O)c1ccc([N+](=O)[O-])cc1. The van der Waals surface area contributed by atoms with Gasteiger partial charge in [0.25, 0.3) is 11.6 Å². The number of rotatable bonds is 5. The number of carbonyl (C=O) groups is 2. The molecule has 1 heterocycles. The highest BCUT2D eigenvalue weighted by Gasteiger charge is 2.37. The molecule has 2 atom stereocenters. The van der Waals surface area contributed by atoms with Gasteiger partial charge in [-0.2, -0.15) is 5.26 Å². The molecule has 0 aromatic heterocycles. The molecule has 1 N–H and O–H groups in total. The Balaban J connectivity index is 1.58. The van der Waals surface area contributed by atoms with Gasteiger partial charge in [-0.25, -0.2) is 4.79 Å². The van der Waals surface area contributed by atoms with Crippen molar-refractivity contribution in [2.24, 2.45) is 5.92 Å². The zero-order valence-corrected chi connectivity index (χ0v) is 15.4. The fourth-order valence-corrected chi connectivity index (χ4v) is 3.03. The van der Waals surface area contributed by atoms with Crippen molar-refractivity contribution in [3.05, 3.63) is 75.8 Å². The number of non-ortho nitro benzene ring substituents is 1. The number of nitriles is 1. The third-order valence-electron chi connectivity index (χ3n) is 4.61. The summed E-state index contributed by atoms with van der Waals surface area (Å²) in [5.41, 5.74) is 0.960. The van der Waals surface area contributed by atoms with Crippen LogP contribution in [0.5, 0.6) is 0 Å². The van der Waals surface area contributed by atoms with Crippen LogP contribution < -0.4 is 5.32 Å². The minimum absolute atomic E-state index is 0.118. The highest BCUT2D eigenvalue weighted by molar-refractivity contribution is 5.94. The van der Waals surface area contributed by atoms with Crippen molar-refractivity contribution in [2.45, 2.75) is 12.6 Å². The summed E-state index contributed by atoms with van der Waals surface area (Å²) in [6.07, 6.45) is -0.554. The average molecular weight is 394 g/mol. The standard InChI is InChI=1S/C20H18N4O5/c21-10-16-11-23(20(26)29-13-14-4-2-1-3-5-14)12-18(16)22-19(25)15-6-8-17(9-7-15)24(27)28/h1-9,16,18H,11-13H2,(H,22,25)/t16-,18-/m0/s1. The number of carbonyl (C=O) groups excluding carboxylic acids is 2. The Hall–Kier alpha value is -3.93. The van der Waals surface area contributed by atoms with Crippen LogP contribution >= 0.6 is 0 Å². The van der Waals surface area contributed by atoms with E-state index in [1.807, 2.05) is 30.3 Å². The summed E-state index contributed by atoms with van der Waals surface area (Å²) >= 11 is 0. The van der Waals surface area contributed by atoms with Crippen molar-refractivity contribution in [1.29, 1.82) is 5.26 Å². The number of hydrogen-bond donors (Lipinski definition) is 1. The number of likely N-dealkylation sites (tertiary alicyclic amines) is 1. The molecule has 0 spiro atoms. The molecule has 1 aliphatic heterocycles. The number of nitrogens with zero attached hydrogens (tertiary/aromatic N) is 3. The third-order valence-corrected chi connectivity index (χ3v) is 4.61. The van der Waals surface area contributed by atoms with E-state index in [0.29, 0.717) is 0 Å². The second-order valence-corrected chi connectivity index (χ2v) is 6.56. The average Bonchev–Trinajstić information content (AvgIpc) is 3.15. The second kappa shape index (κ2) is 8.84. The van der Waals surface area contributed by atoms with E-state index in [1.54, 1.807) is 0 Å². The maximum absolute atomic E-state index is 12.4. The van der Waals surface area contributed by atoms with Crippen LogP contribution in [0.25, 0.3) is 0 Å². The Morgan fingerprint density at radius 3 is 2.48 bits per heavy atom. The first-order chi connectivity index (χ1) is 14.0. The minimum atomic E-state index is -0.582. The summed E-state index contributed by atoms with van der Waals surface area (Å²) in [5, 5.41) is 22.8.